The molecular formula is C18H15ClFNO2S. The van der Waals surface area contributed by atoms with Crippen LogP contribution in [-0.2, 0) is 9.84 Å². The molecule has 0 spiro atoms. The van der Waals surface area contributed by atoms with E-state index in [1.54, 1.807) is 36.4 Å². The Kier molecular flexibility index (Phi) is 4.24. The number of halogens is 2. The van der Waals surface area contributed by atoms with Gasteiger partial charge in [-0.3, -0.25) is 0 Å². The topological polar surface area (TPSA) is 49.9 Å². The Morgan fingerprint density at radius 3 is 2.21 bits per heavy atom. The van der Waals surface area contributed by atoms with Gasteiger partial charge in [0.15, 0.2) is 9.84 Å². The van der Waals surface area contributed by atoms with Gasteiger partial charge in [0.25, 0.3) is 0 Å². The average molecular weight is 364 g/mol. The van der Waals surface area contributed by atoms with Crippen molar-refractivity contribution in [3.63, 3.8) is 0 Å². The van der Waals surface area contributed by atoms with Crippen molar-refractivity contribution in [1.29, 1.82) is 0 Å². The Labute approximate surface area is 145 Å². The van der Waals surface area contributed by atoms with Gasteiger partial charge in [-0.05, 0) is 48.4 Å². The summed E-state index contributed by atoms with van der Waals surface area (Å²) in [7, 11) is -3.24. The quantitative estimate of drug-likeness (QED) is 0.722. The molecule has 3 aromatic rings. The van der Waals surface area contributed by atoms with Gasteiger partial charge in [-0.15, -0.1) is 0 Å². The highest BCUT2D eigenvalue weighted by Crippen LogP contribution is 2.34. The van der Waals surface area contributed by atoms with Crippen molar-refractivity contribution < 1.29 is 12.8 Å². The highest BCUT2D eigenvalue weighted by Gasteiger charge is 2.14. The van der Waals surface area contributed by atoms with Gasteiger partial charge in [-0.25, -0.2) is 12.8 Å². The zero-order valence-corrected chi connectivity index (χ0v) is 14.7. The highest BCUT2D eigenvalue weighted by molar-refractivity contribution is 7.90. The van der Waals surface area contributed by atoms with Crippen LogP contribution in [0.1, 0.15) is 5.69 Å². The number of aryl methyl sites for hydroxylation is 1. The van der Waals surface area contributed by atoms with E-state index in [2.05, 4.69) is 4.98 Å². The van der Waals surface area contributed by atoms with Crippen molar-refractivity contribution in [3.05, 3.63) is 65.1 Å². The summed E-state index contributed by atoms with van der Waals surface area (Å²) >= 11 is 5.89. The first-order valence-corrected chi connectivity index (χ1v) is 9.48. The lowest BCUT2D eigenvalue weighted by molar-refractivity contribution is 0.602. The number of aromatic nitrogens is 1. The van der Waals surface area contributed by atoms with Gasteiger partial charge in [0.05, 0.1) is 15.6 Å². The molecule has 1 N–H and O–H groups in total. The van der Waals surface area contributed by atoms with Crippen LogP contribution in [0.5, 0.6) is 0 Å². The molecule has 6 heteroatoms. The minimum atomic E-state index is -3.24. The summed E-state index contributed by atoms with van der Waals surface area (Å²) in [6, 6.07) is 13.2. The molecule has 0 aliphatic carbocycles. The number of benzene rings is 2. The second-order valence-electron chi connectivity index (χ2n) is 5.67. The maximum absolute atomic E-state index is 13.4. The predicted octanol–water partition coefficient (Wildman–Crippen LogP) is 4.85. The van der Waals surface area contributed by atoms with Crippen molar-refractivity contribution in [2.45, 2.75) is 11.8 Å². The van der Waals surface area contributed by atoms with Gasteiger partial charge in [0.1, 0.15) is 5.82 Å². The van der Waals surface area contributed by atoms with Gasteiger partial charge in [-0.2, -0.15) is 0 Å². The van der Waals surface area contributed by atoms with Crippen LogP contribution >= 0.6 is 11.6 Å². The summed E-state index contributed by atoms with van der Waals surface area (Å²) in [6.07, 6.45) is 1.17. The fourth-order valence-electron chi connectivity index (χ4n) is 2.58. The number of hydrogen-bond donors (Lipinski definition) is 1. The van der Waals surface area contributed by atoms with Crippen LogP contribution in [0.4, 0.5) is 4.39 Å². The number of aromatic amines is 1. The van der Waals surface area contributed by atoms with Crippen molar-refractivity contribution in [2.24, 2.45) is 0 Å². The first-order chi connectivity index (χ1) is 11.3. The molecular weight excluding hydrogens is 349 g/mol. The molecule has 0 saturated heterocycles. The summed E-state index contributed by atoms with van der Waals surface area (Å²) < 4.78 is 36.6. The zero-order valence-electron chi connectivity index (χ0n) is 13.1. The second kappa shape index (κ2) is 6.07. The van der Waals surface area contributed by atoms with Crippen LogP contribution in [0.25, 0.3) is 22.4 Å². The molecule has 0 atom stereocenters. The van der Waals surface area contributed by atoms with Crippen LogP contribution in [0.15, 0.2) is 53.4 Å². The molecule has 2 aromatic carbocycles. The summed E-state index contributed by atoms with van der Waals surface area (Å²) in [5, 5.41) is 0.0599. The van der Waals surface area contributed by atoms with E-state index in [4.69, 9.17) is 11.6 Å². The molecule has 3 rings (SSSR count). The van der Waals surface area contributed by atoms with E-state index >= 15 is 0 Å². The van der Waals surface area contributed by atoms with Crippen molar-refractivity contribution in [1.82, 2.24) is 4.98 Å². The Hall–Kier alpha value is -2.11. The third-order valence-corrected chi connectivity index (χ3v) is 5.17. The zero-order chi connectivity index (χ0) is 17.5. The number of sulfone groups is 1. The van der Waals surface area contributed by atoms with E-state index in [-0.39, 0.29) is 9.92 Å². The highest BCUT2D eigenvalue weighted by atomic mass is 35.5. The number of hydrogen-bond acceptors (Lipinski definition) is 2. The van der Waals surface area contributed by atoms with E-state index < -0.39 is 15.7 Å². The summed E-state index contributed by atoms with van der Waals surface area (Å²) in [5.74, 6) is -0.466. The molecule has 1 heterocycles. The summed E-state index contributed by atoms with van der Waals surface area (Å²) in [6.45, 7) is 1.92. The molecule has 0 radical (unpaired) electrons. The Bertz CT molecular complexity index is 1010. The van der Waals surface area contributed by atoms with Crippen LogP contribution in [0.2, 0.25) is 5.02 Å². The fraction of sp³-hybridized carbons (Fsp3) is 0.111. The molecule has 24 heavy (non-hydrogen) atoms. The minimum Gasteiger partial charge on any atom is -0.358 e. The SMILES string of the molecule is Cc1cc(-c2ccc(F)c(Cl)c2)c(-c2ccc(S(C)(=O)=O)cc2)[nH]1. The largest absolute Gasteiger partial charge is 0.358 e. The minimum absolute atomic E-state index is 0.0599. The number of rotatable bonds is 3. The lowest BCUT2D eigenvalue weighted by Gasteiger charge is -2.07. The first kappa shape index (κ1) is 16.7. The van der Waals surface area contributed by atoms with Crippen LogP contribution < -0.4 is 0 Å². The van der Waals surface area contributed by atoms with Crippen LogP contribution in [-0.4, -0.2) is 19.7 Å². The van der Waals surface area contributed by atoms with Crippen molar-refractivity contribution in [3.8, 4) is 22.4 Å². The molecule has 0 unspecified atom stereocenters. The Morgan fingerprint density at radius 1 is 1.00 bits per heavy atom. The maximum atomic E-state index is 13.4. The van der Waals surface area contributed by atoms with Gasteiger partial charge >= 0.3 is 0 Å². The average Bonchev–Trinajstić information content (AvgIpc) is 2.91. The van der Waals surface area contributed by atoms with E-state index in [1.807, 2.05) is 13.0 Å². The Morgan fingerprint density at radius 2 is 1.62 bits per heavy atom. The van der Waals surface area contributed by atoms with Crippen molar-refractivity contribution in [2.75, 3.05) is 6.26 Å². The van der Waals surface area contributed by atoms with E-state index in [0.29, 0.717) is 0 Å². The molecule has 0 amide bonds. The van der Waals surface area contributed by atoms with E-state index in [0.717, 1.165) is 28.1 Å². The molecule has 1 aromatic heterocycles. The van der Waals surface area contributed by atoms with E-state index in [9.17, 15) is 12.8 Å². The summed E-state index contributed by atoms with van der Waals surface area (Å²) in [5.41, 5.74) is 4.27. The van der Waals surface area contributed by atoms with Crippen LogP contribution in [0.3, 0.4) is 0 Å². The Balaban J connectivity index is 2.11. The molecule has 3 nitrogen and oxygen atoms in total. The summed E-state index contributed by atoms with van der Waals surface area (Å²) in [4.78, 5) is 3.53. The molecule has 0 aliphatic heterocycles. The van der Waals surface area contributed by atoms with Crippen molar-refractivity contribution >= 4 is 21.4 Å². The fourth-order valence-corrected chi connectivity index (χ4v) is 3.39. The predicted molar refractivity (Wildman–Crippen MR) is 94.5 cm³/mol. The van der Waals surface area contributed by atoms with E-state index in [1.165, 1.54) is 12.3 Å². The molecule has 0 aliphatic rings. The lowest BCUT2D eigenvalue weighted by atomic mass is 10.0. The van der Waals surface area contributed by atoms with Crippen LogP contribution in [0, 0.1) is 12.7 Å². The maximum Gasteiger partial charge on any atom is 0.175 e. The molecule has 124 valence electrons. The second-order valence-corrected chi connectivity index (χ2v) is 8.09. The third-order valence-electron chi connectivity index (χ3n) is 3.75. The third kappa shape index (κ3) is 3.23. The van der Waals surface area contributed by atoms with Gasteiger partial charge in [-0.1, -0.05) is 29.8 Å². The van der Waals surface area contributed by atoms with Gasteiger partial charge in [0, 0.05) is 17.5 Å². The standard InChI is InChI=1S/C18H15ClFNO2S/c1-11-9-15(13-5-8-17(20)16(19)10-13)18(21-11)12-3-6-14(7-4-12)24(2,22)23/h3-10,21H,1-2H3. The smallest absolute Gasteiger partial charge is 0.175 e. The first-order valence-electron chi connectivity index (χ1n) is 7.21. The molecule has 0 fully saturated rings. The van der Waals surface area contributed by atoms with Gasteiger partial charge < -0.3 is 4.98 Å². The molecule has 0 bridgehead atoms. The lowest BCUT2D eigenvalue weighted by Crippen LogP contribution is -1.96. The normalized spacial score (nSPS) is 11.7. The molecule has 0 saturated carbocycles. The monoisotopic (exact) mass is 363 g/mol. The number of H-pyrrole nitrogens is 1. The van der Waals surface area contributed by atoms with Gasteiger partial charge in [0.2, 0.25) is 0 Å². The number of nitrogens with one attached hydrogen (secondary N) is 1.